The summed E-state index contributed by atoms with van der Waals surface area (Å²) in [7, 11) is 1.37. The molecule has 1 aromatic rings. The summed E-state index contributed by atoms with van der Waals surface area (Å²) in [6.07, 6.45) is 2.19. The van der Waals surface area contributed by atoms with Crippen LogP contribution in [0, 0.1) is 0 Å². The van der Waals surface area contributed by atoms with Crippen molar-refractivity contribution < 1.29 is 19.1 Å². The van der Waals surface area contributed by atoms with Gasteiger partial charge in [0.1, 0.15) is 11.9 Å². The van der Waals surface area contributed by atoms with Crippen LogP contribution < -0.4 is 0 Å². The van der Waals surface area contributed by atoms with Crippen molar-refractivity contribution in [2.24, 2.45) is 0 Å². The van der Waals surface area contributed by atoms with E-state index in [0.717, 1.165) is 24.8 Å². The van der Waals surface area contributed by atoms with Crippen LogP contribution in [0.4, 0.5) is 4.79 Å². The number of piperidine rings is 1. The average molecular weight is 323 g/mol. The number of hydrogen-bond acceptors (Lipinski definition) is 5. The van der Waals surface area contributed by atoms with E-state index in [4.69, 9.17) is 9.47 Å². The van der Waals surface area contributed by atoms with Crippen molar-refractivity contribution in [3.63, 3.8) is 0 Å². The summed E-state index contributed by atoms with van der Waals surface area (Å²) in [6, 6.07) is 9.17. The van der Waals surface area contributed by atoms with Crippen molar-refractivity contribution in [1.82, 2.24) is 4.90 Å². The van der Waals surface area contributed by atoms with Gasteiger partial charge in [0.15, 0.2) is 0 Å². The van der Waals surface area contributed by atoms with Crippen LogP contribution in [-0.4, -0.2) is 42.6 Å². The van der Waals surface area contributed by atoms with Gasteiger partial charge in [0.25, 0.3) is 0 Å². The Hall–Kier alpha value is -1.69. The molecule has 1 saturated heterocycles. The minimum atomic E-state index is -0.501. The van der Waals surface area contributed by atoms with Crippen molar-refractivity contribution in [3.05, 3.63) is 35.9 Å². The van der Waals surface area contributed by atoms with Gasteiger partial charge >= 0.3 is 12.1 Å². The molecule has 2 atom stereocenters. The number of nitrogens with zero attached hydrogens (tertiary/aromatic N) is 1. The number of likely N-dealkylation sites (tertiary alicyclic amines) is 1. The van der Waals surface area contributed by atoms with Gasteiger partial charge < -0.3 is 14.4 Å². The van der Waals surface area contributed by atoms with Crippen LogP contribution in [0.2, 0.25) is 0 Å². The van der Waals surface area contributed by atoms with Crippen LogP contribution in [0.3, 0.4) is 0 Å². The third kappa shape index (κ3) is 3.74. The molecule has 1 heterocycles. The van der Waals surface area contributed by atoms with Gasteiger partial charge in [-0.2, -0.15) is 0 Å². The fourth-order valence-corrected chi connectivity index (χ4v) is 3.08. The molecule has 2 unspecified atom stereocenters. The maximum absolute atomic E-state index is 12.3. The zero-order valence-electron chi connectivity index (χ0n) is 12.6. The highest BCUT2D eigenvalue weighted by atomic mass is 32.1. The maximum Gasteiger partial charge on any atom is 0.410 e. The maximum atomic E-state index is 12.3. The number of thiol groups is 1. The summed E-state index contributed by atoms with van der Waals surface area (Å²) in [5.41, 5.74) is 0.852. The molecule has 0 saturated carbocycles. The highest BCUT2D eigenvalue weighted by Crippen LogP contribution is 2.32. The first-order chi connectivity index (χ1) is 10.7. The van der Waals surface area contributed by atoms with Gasteiger partial charge in [0.05, 0.1) is 13.2 Å². The Morgan fingerprint density at radius 2 is 2.05 bits per heavy atom. The van der Waals surface area contributed by atoms with E-state index in [1.165, 1.54) is 7.11 Å². The molecular weight excluding hydrogens is 302 g/mol. The van der Waals surface area contributed by atoms with Gasteiger partial charge in [-0.05, 0) is 24.8 Å². The molecule has 1 aliphatic heterocycles. The Morgan fingerprint density at radius 3 is 2.68 bits per heavy atom. The second-order valence-electron chi connectivity index (χ2n) is 5.21. The predicted molar refractivity (Wildman–Crippen MR) is 85.9 cm³/mol. The standard InChI is InChI=1S/C16H21NO4S/c1-20-15(18)14(12-7-3-2-4-8-12)13-9-5-6-10-17(13)16(19)21-11-22/h2-4,7-8,13-14,22H,5-6,9-11H2,1H3. The van der Waals surface area contributed by atoms with E-state index in [-0.39, 0.29) is 18.0 Å². The monoisotopic (exact) mass is 323 g/mol. The Labute approximate surface area is 136 Å². The van der Waals surface area contributed by atoms with Crippen LogP contribution in [0.5, 0.6) is 0 Å². The third-order valence-corrected chi connectivity index (χ3v) is 4.10. The lowest BCUT2D eigenvalue weighted by molar-refractivity contribution is -0.144. The van der Waals surface area contributed by atoms with Crippen LogP contribution in [-0.2, 0) is 14.3 Å². The number of benzene rings is 1. The van der Waals surface area contributed by atoms with Crippen LogP contribution in [0.1, 0.15) is 30.7 Å². The van der Waals surface area contributed by atoms with Crippen LogP contribution in [0.25, 0.3) is 0 Å². The first-order valence-corrected chi connectivity index (χ1v) is 7.99. The van der Waals surface area contributed by atoms with Crippen LogP contribution >= 0.6 is 12.6 Å². The van der Waals surface area contributed by atoms with E-state index in [1.54, 1.807) is 4.90 Å². The van der Waals surface area contributed by atoms with E-state index in [1.807, 2.05) is 30.3 Å². The SMILES string of the molecule is COC(=O)C(c1ccccc1)C1CCCCN1C(=O)OCS. The number of esters is 1. The van der Waals surface area contributed by atoms with Gasteiger partial charge in [-0.25, -0.2) is 4.79 Å². The van der Waals surface area contributed by atoms with E-state index >= 15 is 0 Å². The van der Waals surface area contributed by atoms with Crippen molar-refractivity contribution in [1.29, 1.82) is 0 Å². The molecule has 5 nitrogen and oxygen atoms in total. The minimum absolute atomic E-state index is 0.0241. The Balaban J connectivity index is 2.31. The molecule has 0 aromatic heterocycles. The molecule has 0 bridgehead atoms. The lowest BCUT2D eigenvalue weighted by Crippen LogP contribution is -2.49. The zero-order chi connectivity index (χ0) is 15.9. The van der Waals surface area contributed by atoms with Gasteiger partial charge in [0.2, 0.25) is 0 Å². The number of ether oxygens (including phenoxy) is 2. The molecule has 2 rings (SSSR count). The summed E-state index contributed by atoms with van der Waals surface area (Å²) in [5.74, 6) is -0.809. The molecule has 0 N–H and O–H groups in total. The Bertz CT molecular complexity index is 508. The first kappa shape index (κ1) is 16.7. The number of carbonyl (C=O) groups is 2. The van der Waals surface area contributed by atoms with E-state index < -0.39 is 12.0 Å². The second kappa shape index (κ2) is 8.08. The summed E-state index contributed by atoms with van der Waals surface area (Å²) in [5, 5.41) is 0. The molecule has 1 fully saturated rings. The smallest absolute Gasteiger partial charge is 0.410 e. The number of methoxy groups -OCH3 is 1. The number of amides is 1. The Kier molecular flexibility index (Phi) is 6.12. The molecule has 6 heteroatoms. The summed E-state index contributed by atoms with van der Waals surface area (Å²) >= 11 is 3.93. The quantitative estimate of drug-likeness (QED) is 0.526. The lowest BCUT2D eigenvalue weighted by atomic mass is 9.85. The third-order valence-electron chi connectivity index (χ3n) is 3.97. The van der Waals surface area contributed by atoms with Crippen molar-refractivity contribution in [3.8, 4) is 0 Å². The van der Waals surface area contributed by atoms with Gasteiger partial charge in [-0.15, -0.1) is 12.6 Å². The van der Waals surface area contributed by atoms with Crippen molar-refractivity contribution >= 4 is 24.7 Å². The van der Waals surface area contributed by atoms with Crippen molar-refractivity contribution in [2.45, 2.75) is 31.2 Å². The summed E-state index contributed by atoms with van der Waals surface area (Å²) in [6.45, 7) is 0.581. The number of hydrogen-bond donors (Lipinski definition) is 1. The molecular formula is C16H21NO4S. The van der Waals surface area contributed by atoms with E-state index in [0.29, 0.717) is 6.54 Å². The summed E-state index contributed by atoms with van der Waals surface area (Å²) in [4.78, 5) is 26.1. The predicted octanol–water partition coefficient (Wildman–Crippen LogP) is 2.82. The highest BCUT2D eigenvalue weighted by molar-refractivity contribution is 7.80. The second-order valence-corrected chi connectivity index (χ2v) is 5.47. The summed E-state index contributed by atoms with van der Waals surface area (Å²) < 4.78 is 9.99. The van der Waals surface area contributed by atoms with E-state index in [9.17, 15) is 9.59 Å². The van der Waals surface area contributed by atoms with Gasteiger partial charge in [-0.1, -0.05) is 30.3 Å². The molecule has 1 aromatic carbocycles. The van der Waals surface area contributed by atoms with Crippen LogP contribution in [0.15, 0.2) is 30.3 Å². The Morgan fingerprint density at radius 1 is 1.32 bits per heavy atom. The molecule has 1 aliphatic rings. The first-order valence-electron chi connectivity index (χ1n) is 7.36. The fraction of sp³-hybridized carbons (Fsp3) is 0.500. The normalized spacial score (nSPS) is 19.4. The molecule has 1 amide bonds. The molecule has 0 radical (unpaired) electrons. The molecule has 22 heavy (non-hydrogen) atoms. The van der Waals surface area contributed by atoms with Gasteiger partial charge in [0, 0.05) is 6.54 Å². The average Bonchev–Trinajstić information content (AvgIpc) is 2.56. The zero-order valence-corrected chi connectivity index (χ0v) is 13.5. The molecule has 120 valence electrons. The lowest BCUT2D eigenvalue weighted by Gasteiger charge is -2.38. The molecule has 0 aliphatic carbocycles. The fourth-order valence-electron chi connectivity index (χ4n) is 2.97. The molecule has 0 spiro atoms. The number of rotatable bonds is 4. The van der Waals surface area contributed by atoms with Crippen molar-refractivity contribution in [2.75, 3.05) is 19.6 Å². The number of carbonyl (C=O) groups excluding carboxylic acids is 2. The highest BCUT2D eigenvalue weighted by Gasteiger charge is 2.39. The van der Waals surface area contributed by atoms with E-state index in [2.05, 4.69) is 12.6 Å². The minimum Gasteiger partial charge on any atom is -0.468 e. The topological polar surface area (TPSA) is 55.8 Å². The largest absolute Gasteiger partial charge is 0.468 e. The van der Waals surface area contributed by atoms with Gasteiger partial charge in [-0.3, -0.25) is 4.79 Å².